The summed E-state index contributed by atoms with van der Waals surface area (Å²) in [4.78, 5) is 4.01. The van der Waals surface area contributed by atoms with Crippen LogP contribution in [0.1, 0.15) is 22.8 Å². The Morgan fingerprint density at radius 2 is 2.06 bits per heavy atom. The number of rotatable bonds is 3. The quantitative estimate of drug-likeness (QED) is 0.923. The van der Waals surface area contributed by atoms with E-state index >= 15 is 0 Å². The van der Waals surface area contributed by atoms with E-state index in [4.69, 9.17) is 23.2 Å². The van der Waals surface area contributed by atoms with Crippen molar-refractivity contribution in [1.82, 2.24) is 4.98 Å². The van der Waals surface area contributed by atoms with Gasteiger partial charge in [-0.2, -0.15) is 0 Å². The minimum absolute atomic E-state index is 0.459. The van der Waals surface area contributed by atoms with Gasteiger partial charge in [-0.1, -0.05) is 29.3 Å². The van der Waals surface area contributed by atoms with Crippen LogP contribution in [0.4, 0.5) is 0 Å². The van der Waals surface area contributed by atoms with E-state index in [1.165, 1.54) is 0 Å². The van der Waals surface area contributed by atoms with E-state index in [-0.39, 0.29) is 0 Å². The van der Waals surface area contributed by atoms with Gasteiger partial charge in [0.25, 0.3) is 0 Å². The molecule has 0 saturated heterocycles. The molecule has 2 rings (SSSR count). The second-order valence-corrected chi connectivity index (χ2v) is 5.03. The summed E-state index contributed by atoms with van der Waals surface area (Å²) in [5, 5.41) is 11.4. The second-order valence-electron chi connectivity index (χ2n) is 4.19. The molecular formula is C14H13Cl2NO. The number of benzene rings is 1. The zero-order valence-electron chi connectivity index (χ0n) is 9.90. The van der Waals surface area contributed by atoms with Crippen LogP contribution in [0.5, 0.6) is 0 Å². The topological polar surface area (TPSA) is 33.1 Å². The van der Waals surface area contributed by atoms with Gasteiger partial charge < -0.3 is 5.11 Å². The molecule has 2 aromatic rings. The Bertz CT molecular complexity index is 557. The van der Waals surface area contributed by atoms with E-state index < -0.39 is 6.10 Å². The van der Waals surface area contributed by atoms with E-state index in [2.05, 4.69) is 4.98 Å². The summed E-state index contributed by atoms with van der Waals surface area (Å²) in [5.41, 5.74) is 2.72. The van der Waals surface area contributed by atoms with Crippen molar-refractivity contribution in [1.29, 1.82) is 0 Å². The number of halogens is 2. The van der Waals surface area contributed by atoms with E-state index in [1.807, 2.05) is 19.1 Å². The number of aliphatic hydroxyl groups is 1. The molecular weight excluding hydrogens is 269 g/mol. The van der Waals surface area contributed by atoms with Crippen LogP contribution in [0, 0.1) is 6.92 Å². The van der Waals surface area contributed by atoms with Crippen molar-refractivity contribution >= 4 is 23.2 Å². The van der Waals surface area contributed by atoms with E-state index in [0.29, 0.717) is 16.5 Å². The molecule has 2 nitrogen and oxygen atoms in total. The summed E-state index contributed by atoms with van der Waals surface area (Å²) in [6.45, 7) is 1.93. The van der Waals surface area contributed by atoms with Crippen molar-refractivity contribution in [2.24, 2.45) is 0 Å². The molecule has 0 fully saturated rings. The molecule has 1 atom stereocenters. The number of aliphatic hydroxyl groups excluding tert-OH is 1. The number of pyridine rings is 1. The first-order valence-corrected chi connectivity index (χ1v) is 6.36. The second kappa shape index (κ2) is 5.70. The van der Waals surface area contributed by atoms with Gasteiger partial charge in [-0.05, 0) is 41.8 Å². The maximum atomic E-state index is 10.2. The van der Waals surface area contributed by atoms with Gasteiger partial charge in [0.1, 0.15) is 0 Å². The smallest absolute Gasteiger partial charge is 0.0834 e. The highest BCUT2D eigenvalue weighted by Crippen LogP contribution is 2.27. The fourth-order valence-electron chi connectivity index (χ4n) is 1.86. The Morgan fingerprint density at radius 1 is 1.28 bits per heavy atom. The average molecular weight is 282 g/mol. The zero-order valence-corrected chi connectivity index (χ0v) is 11.4. The Kier molecular flexibility index (Phi) is 4.23. The van der Waals surface area contributed by atoms with Crippen LogP contribution in [0.3, 0.4) is 0 Å². The fraction of sp³-hybridized carbons (Fsp3) is 0.214. The number of hydrogen-bond donors (Lipinski definition) is 1. The normalized spacial score (nSPS) is 12.4. The molecule has 0 aliphatic heterocycles. The summed E-state index contributed by atoms with van der Waals surface area (Å²) in [6.07, 6.45) is 3.28. The lowest BCUT2D eigenvalue weighted by atomic mass is 9.99. The van der Waals surface area contributed by atoms with Crippen LogP contribution >= 0.6 is 23.2 Å². The first-order valence-electron chi connectivity index (χ1n) is 5.60. The molecule has 4 heteroatoms. The predicted molar refractivity (Wildman–Crippen MR) is 74.1 cm³/mol. The molecule has 94 valence electrons. The molecule has 18 heavy (non-hydrogen) atoms. The summed E-state index contributed by atoms with van der Waals surface area (Å²) in [5.74, 6) is 0. The van der Waals surface area contributed by atoms with Crippen LogP contribution in [0.2, 0.25) is 10.0 Å². The minimum atomic E-state index is -0.591. The Balaban J connectivity index is 2.21. The molecule has 1 unspecified atom stereocenters. The molecule has 0 aliphatic rings. The molecule has 0 amide bonds. The van der Waals surface area contributed by atoms with Gasteiger partial charge in [0.15, 0.2) is 0 Å². The van der Waals surface area contributed by atoms with Gasteiger partial charge >= 0.3 is 0 Å². The first kappa shape index (κ1) is 13.3. The zero-order chi connectivity index (χ0) is 13.1. The van der Waals surface area contributed by atoms with Gasteiger partial charge in [-0.3, -0.25) is 4.98 Å². The molecule has 1 aromatic carbocycles. The average Bonchev–Trinajstić information content (AvgIpc) is 2.33. The van der Waals surface area contributed by atoms with Gasteiger partial charge in [0, 0.05) is 28.9 Å². The molecule has 1 N–H and O–H groups in total. The van der Waals surface area contributed by atoms with Gasteiger partial charge in [-0.15, -0.1) is 0 Å². The third kappa shape index (κ3) is 3.02. The minimum Gasteiger partial charge on any atom is -0.388 e. The number of nitrogens with zero attached hydrogens (tertiary/aromatic N) is 1. The highest BCUT2D eigenvalue weighted by Gasteiger charge is 2.13. The molecule has 0 spiro atoms. The van der Waals surface area contributed by atoms with Crippen LogP contribution in [-0.2, 0) is 6.42 Å². The van der Waals surface area contributed by atoms with Crippen molar-refractivity contribution in [2.75, 3.05) is 0 Å². The van der Waals surface area contributed by atoms with Crippen molar-refractivity contribution in [3.8, 4) is 0 Å². The van der Waals surface area contributed by atoms with Crippen LogP contribution < -0.4 is 0 Å². The Morgan fingerprint density at radius 3 is 2.72 bits per heavy atom. The highest BCUT2D eigenvalue weighted by molar-refractivity contribution is 6.35. The largest absolute Gasteiger partial charge is 0.388 e. The number of hydrogen-bond acceptors (Lipinski definition) is 2. The lowest BCUT2D eigenvalue weighted by Crippen LogP contribution is -2.04. The first-order chi connectivity index (χ1) is 8.58. The highest BCUT2D eigenvalue weighted by atomic mass is 35.5. The molecule has 1 aromatic heterocycles. The standard InChI is InChI=1S/C14H13Cl2NO/c1-9-8-17-5-4-12(9)14(18)6-10-2-3-11(15)7-13(10)16/h2-5,7-8,14,18H,6H2,1H3. The van der Waals surface area contributed by atoms with Crippen LogP contribution in [-0.4, -0.2) is 10.1 Å². The van der Waals surface area contributed by atoms with Crippen molar-refractivity contribution in [3.05, 3.63) is 63.4 Å². The SMILES string of the molecule is Cc1cnccc1C(O)Cc1ccc(Cl)cc1Cl. The van der Waals surface area contributed by atoms with E-state index in [0.717, 1.165) is 16.7 Å². The number of aromatic nitrogens is 1. The third-order valence-corrected chi connectivity index (χ3v) is 3.44. The Hall–Kier alpha value is -1.09. The van der Waals surface area contributed by atoms with Gasteiger partial charge in [0.2, 0.25) is 0 Å². The Labute approximate surface area is 116 Å². The van der Waals surface area contributed by atoms with Crippen molar-refractivity contribution in [3.63, 3.8) is 0 Å². The molecule has 0 bridgehead atoms. The fourth-order valence-corrected chi connectivity index (χ4v) is 2.35. The lowest BCUT2D eigenvalue weighted by Gasteiger charge is -2.14. The lowest BCUT2D eigenvalue weighted by molar-refractivity contribution is 0.177. The predicted octanol–water partition coefficient (Wildman–Crippen LogP) is 3.97. The van der Waals surface area contributed by atoms with E-state index in [1.54, 1.807) is 24.5 Å². The van der Waals surface area contributed by atoms with Crippen LogP contribution in [0.15, 0.2) is 36.7 Å². The monoisotopic (exact) mass is 281 g/mol. The third-order valence-electron chi connectivity index (χ3n) is 2.85. The van der Waals surface area contributed by atoms with Gasteiger partial charge in [0.05, 0.1) is 6.10 Å². The van der Waals surface area contributed by atoms with Crippen molar-refractivity contribution in [2.45, 2.75) is 19.4 Å². The summed E-state index contributed by atoms with van der Waals surface area (Å²) < 4.78 is 0. The molecule has 0 saturated carbocycles. The number of aryl methyl sites for hydroxylation is 1. The van der Waals surface area contributed by atoms with Crippen molar-refractivity contribution < 1.29 is 5.11 Å². The van der Waals surface area contributed by atoms with Gasteiger partial charge in [-0.25, -0.2) is 0 Å². The molecule has 1 heterocycles. The molecule has 0 aliphatic carbocycles. The summed E-state index contributed by atoms with van der Waals surface area (Å²) >= 11 is 11.9. The van der Waals surface area contributed by atoms with E-state index in [9.17, 15) is 5.11 Å². The molecule has 0 radical (unpaired) electrons. The maximum Gasteiger partial charge on any atom is 0.0834 e. The summed E-state index contributed by atoms with van der Waals surface area (Å²) in [6, 6.07) is 7.12. The van der Waals surface area contributed by atoms with Crippen LogP contribution in [0.25, 0.3) is 0 Å². The maximum absolute atomic E-state index is 10.2. The summed E-state index contributed by atoms with van der Waals surface area (Å²) in [7, 11) is 0.